The minimum atomic E-state index is 1.01. The molecule has 0 spiro atoms. The van der Waals surface area contributed by atoms with Crippen LogP contribution in [-0.2, 0) is 11.3 Å². The Balaban J connectivity index is 1.46. The number of aryl methyl sites for hydroxylation is 2. The average molecular weight is 376 g/mol. The molecule has 2 nitrogen and oxygen atoms in total. The molecule has 1 aromatic heterocycles. The summed E-state index contributed by atoms with van der Waals surface area (Å²) in [5.74, 6) is 0. The third kappa shape index (κ3) is 3.70. The van der Waals surface area contributed by atoms with E-state index in [1.165, 1.54) is 44.7 Å². The van der Waals surface area contributed by atoms with Gasteiger partial charge in [-0.1, -0.05) is 41.6 Å². The molecule has 0 atom stereocenters. The van der Waals surface area contributed by atoms with E-state index in [2.05, 4.69) is 66.0 Å². The second kappa shape index (κ2) is 8.10. The summed E-state index contributed by atoms with van der Waals surface area (Å²) in [7, 11) is 1.63. The minimum Gasteiger partial charge on any atom is -0.399 e. The van der Waals surface area contributed by atoms with Gasteiger partial charge in [-0.15, -0.1) is 11.3 Å². The van der Waals surface area contributed by atoms with Gasteiger partial charge in [0.2, 0.25) is 0 Å². The lowest BCUT2D eigenvalue weighted by Crippen LogP contribution is -2.03. The topological polar surface area (TPSA) is 21.6 Å². The Bertz CT molecular complexity index is 959. The van der Waals surface area contributed by atoms with E-state index in [0.29, 0.717) is 0 Å². The molecule has 1 aromatic carbocycles. The molecule has 0 N–H and O–H groups in total. The van der Waals surface area contributed by atoms with Gasteiger partial charge < -0.3 is 4.84 Å². The number of benzene rings is 1. The van der Waals surface area contributed by atoms with Crippen LogP contribution in [0.5, 0.6) is 0 Å². The van der Waals surface area contributed by atoms with Gasteiger partial charge in [0.05, 0.1) is 0 Å². The normalized spacial score (nSPS) is 17.0. The van der Waals surface area contributed by atoms with E-state index in [1.54, 1.807) is 7.11 Å². The largest absolute Gasteiger partial charge is 0.399 e. The van der Waals surface area contributed by atoms with Crippen LogP contribution in [0.1, 0.15) is 52.8 Å². The van der Waals surface area contributed by atoms with Crippen LogP contribution in [0.2, 0.25) is 0 Å². The first-order valence-electron chi connectivity index (χ1n) is 9.63. The van der Waals surface area contributed by atoms with Crippen LogP contribution in [0.15, 0.2) is 58.6 Å². The Hall–Kier alpha value is -2.39. The van der Waals surface area contributed by atoms with Gasteiger partial charge in [0.15, 0.2) is 0 Å². The molecule has 0 amide bonds. The molecule has 1 heterocycles. The summed E-state index contributed by atoms with van der Waals surface area (Å²) in [5, 5.41) is 6.53. The van der Waals surface area contributed by atoms with E-state index in [-0.39, 0.29) is 0 Å². The van der Waals surface area contributed by atoms with Gasteiger partial charge in [0.1, 0.15) is 12.8 Å². The molecule has 0 fully saturated rings. The summed E-state index contributed by atoms with van der Waals surface area (Å²) in [6.45, 7) is 2.21. The van der Waals surface area contributed by atoms with Crippen LogP contribution in [0.3, 0.4) is 0 Å². The van der Waals surface area contributed by atoms with Crippen molar-refractivity contribution in [1.29, 1.82) is 0 Å². The number of unbranched alkanes of at least 4 members (excludes halogenated alkanes) is 1. The predicted octanol–water partition coefficient (Wildman–Crippen LogP) is 6.56. The van der Waals surface area contributed by atoms with E-state index < -0.39 is 0 Å². The third-order valence-corrected chi connectivity index (χ3v) is 6.21. The van der Waals surface area contributed by atoms with E-state index in [9.17, 15) is 0 Å². The van der Waals surface area contributed by atoms with E-state index >= 15 is 0 Å². The summed E-state index contributed by atoms with van der Waals surface area (Å²) in [5.41, 5.74) is 8.85. The molecule has 0 bridgehead atoms. The van der Waals surface area contributed by atoms with Crippen molar-refractivity contribution >= 4 is 28.7 Å². The fourth-order valence-corrected chi connectivity index (χ4v) is 4.68. The summed E-state index contributed by atoms with van der Waals surface area (Å²) < 4.78 is 0. The number of fused-ring (bicyclic) bond motifs is 2. The minimum absolute atomic E-state index is 1.01. The lowest BCUT2D eigenvalue weighted by atomic mass is 9.97. The molecule has 2 aliphatic carbocycles. The summed E-state index contributed by atoms with van der Waals surface area (Å²) in [4.78, 5) is 6.59. The lowest BCUT2D eigenvalue weighted by molar-refractivity contribution is 0.214. The number of nitrogens with zero attached hydrogens (tertiary/aromatic N) is 1. The first kappa shape index (κ1) is 18.0. The smallest absolute Gasteiger partial charge is 0.114 e. The predicted molar refractivity (Wildman–Crippen MR) is 116 cm³/mol. The molecule has 2 aromatic rings. The van der Waals surface area contributed by atoms with Crippen molar-refractivity contribution in [2.45, 2.75) is 39.0 Å². The summed E-state index contributed by atoms with van der Waals surface area (Å²) in [6.07, 6.45) is 14.6. The Morgan fingerprint density at radius 3 is 2.96 bits per heavy atom. The van der Waals surface area contributed by atoms with Crippen LogP contribution >= 0.6 is 11.3 Å². The zero-order valence-corrected chi connectivity index (χ0v) is 16.8. The molecule has 4 rings (SSSR count). The van der Waals surface area contributed by atoms with Crippen molar-refractivity contribution < 1.29 is 4.84 Å². The summed E-state index contributed by atoms with van der Waals surface area (Å²) >= 11 is 1.84. The molecular weight excluding hydrogens is 350 g/mol. The van der Waals surface area contributed by atoms with Crippen molar-refractivity contribution in [3.8, 4) is 0 Å². The van der Waals surface area contributed by atoms with Crippen LogP contribution in [-0.4, -0.2) is 12.8 Å². The zero-order chi connectivity index (χ0) is 18.6. The Morgan fingerprint density at radius 2 is 2.15 bits per heavy atom. The molecule has 0 radical (unpaired) electrons. The highest BCUT2D eigenvalue weighted by Gasteiger charge is 2.28. The maximum absolute atomic E-state index is 5.14. The second-order valence-corrected chi connectivity index (χ2v) is 8.18. The highest BCUT2D eigenvalue weighted by atomic mass is 32.1. The number of oxime groups is 1. The van der Waals surface area contributed by atoms with Crippen LogP contribution in [0.4, 0.5) is 0 Å². The van der Waals surface area contributed by atoms with Crippen molar-refractivity contribution in [1.82, 2.24) is 0 Å². The quantitative estimate of drug-likeness (QED) is 0.414. The van der Waals surface area contributed by atoms with Gasteiger partial charge in [-0.2, -0.15) is 0 Å². The van der Waals surface area contributed by atoms with Crippen molar-refractivity contribution in [3.63, 3.8) is 0 Å². The first-order valence-corrected chi connectivity index (χ1v) is 10.5. The maximum Gasteiger partial charge on any atom is 0.114 e. The molecule has 0 aliphatic heterocycles. The van der Waals surface area contributed by atoms with Gasteiger partial charge >= 0.3 is 0 Å². The van der Waals surface area contributed by atoms with E-state index in [4.69, 9.17) is 4.84 Å². The Kier molecular flexibility index (Phi) is 5.40. The van der Waals surface area contributed by atoms with E-state index in [1.807, 2.05) is 11.3 Å². The fraction of sp³-hybridized carbons (Fsp3) is 0.292. The molecule has 2 aliphatic rings. The maximum atomic E-state index is 5.14. The standard InChI is InChI=1S/C24H25NOS/c1-17-19(14-15-27-17)9-5-3-4-8-18-12-13-21-20-10-6-7-11-22(20)24(25-26-2)23(21)16-18/h4,6,8,10,12-16H,3,5,7,9,11H2,1-2H3/b8-4+,25-24-. The zero-order valence-electron chi connectivity index (χ0n) is 16.0. The van der Waals surface area contributed by atoms with Gasteiger partial charge in [-0.05, 0) is 84.4 Å². The number of thiophene rings is 1. The molecule has 27 heavy (non-hydrogen) atoms. The Morgan fingerprint density at radius 1 is 1.22 bits per heavy atom. The van der Waals surface area contributed by atoms with Crippen LogP contribution < -0.4 is 0 Å². The molecule has 138 valence electrons. The molecular formula is C24H25NOS. The molecule has 3 heteroatoms. The van der Waals surface area contributed by atoms with Crippen molar-refractivity contribution in [2.24, 2.45) is 5.16 Å². The van der Waals surface area contributed by atoms with Gasteiger partial charge in [-0.25, -0.2) is 0 Å². The monoisotopic (exact) mass is 375 g/mol. The Labute approximate surface area is 165 Å². The van der Waals surface area contributed by atoms with Crippen LogP contribution in [0, 0.1) is 6.92 Å². The lowest BCUT2D eigenvalue weighted by Gasteiger charge is -2.08. The molecule has 0 saturated carbocycles. The molecule has 0 saturated heterocycles. The molecule has 0 unspecified atom stereocenters. The number of rotatable bonds is 6. The SMILES string of the molecule is CO/N=C1/C2=C(C=CCC2)c2ccc(/C=C/CCCc3ccsc3C)cc21. The summed E-state index contributed by atoms with van der Waals surface area (Å²) in [6, 6.07) is 8.94. The number of allylic oxidation sites excluding steroid dienone is 5. The van der Waals surface area contributed by atoms with Gasteiger partial charge in [-0.3, -0.25) is 0 Å². The van der Waals surface area contributed by atoms with Gasteiger partial charge in [0.25, 0.3) is 0 Å². The highest BCUT2D eigenvalue weighted by Crippen LogP contribution is 2.39. The van der Waals surface area contributed by atoms with Crippen molar-refractivity contribution in [3.05, 3.63) is 80.6 Å². The first-order chi connectivity index (χ1) is 13.3. The fourth-order valence-electron chi connectivity index (χ4n) is 3.92. The third-order valence-electron chi connectivity index (χ3n) is 5.32. The number of hydrogen-bond donors (Lipinski definition) is 0. The van der Waals surface area contributed by atoms with Crippen molar-refractivity contribution in [2.75, 3.05) is 7.11 Å². The van der Waals surface area contributed by atoms with Crippen LogP contribution in [0.25, 0.3) is 11.6 Å². The second-order valence-electron chi connectivity index (χ2n) is 7.06. The highest BCUT2D eigenvalue weighted by molar-refractivity contribution is 7.10. The van der Waals surface area contributed by atoms with Gasteiger partial charge in [0, 0.05) is 10.4 Å². The number of hydrogen-bond acceptors (Lipinski definition) is 3. The average Bonchev–Trinajstić information content (AvgIpc) is 3.23. The van der Waals surface area contributed by atoms with E-state index in [0.717, 1.165) is 31.4 Å².